The second-order valence-corrected chi connectivity index (χ2v) is 5.14. The predicted molar refractivity (Wildman–Crippen MR) is 67.7 cm³/mol. The molecule has 0 aromatic carbocycles. The molecule has 5 nitrogen and oxygen atoms in total. The van der Waals surface area contributed by atoms with Crippen molar-refractivity contribution >= 4 is 23.4 Å². The standard InChI is InChI=1S/C10H18N4OS/c1-6(4-11)16-5-9(15)12-10-7(2)13-14-8(10)3/h6H,4-5,11H2,1-3H3,(H,12,15)(H,13,14). The van der Waals surface area contributed by atoms with E-state index in [0.29, 0.717) is 17.5 Å². The van der Waals surface area contributed by atoms with Crippen molar-refractivity contribution in [2.45, 2.75) is 26.0 Å². The van der Waals surface area contributed by atoms with Crippen LogP contribution < -0.4 is 11.1 Å². The fourth-order valence-electron chi connectivity index (χ4n) is 1.20. The number of thioether (sulfide) groups is 1. The third kappa shape index (κ3) is 3.53. The van der Waals surface area contributed by atoms with Crippen molar-refractivity contribution in [3.63, 3.8) is 0 Å². The average Bonchev–Trinajstić information content (AvgIpc) is 2.57. The molecule has 1 atom stereocenters. The first kappa shape index (κ1) is 13.1. The maximum atomic E-state index is 11.6. The number of hydrogen-bond acceptors (Lipinski definition) is 4. The van der Waals surface area contributed by atoms with Gasteiger partial charge in [0.05, 0.1) is 22.8 Å². The highest BCUT2D eigenvalue weighted by Gasteiger charge is 2.11. The Labute approximate surface area is 99.6 Å². The van der Waals surface area contributed by atoms with Crippen LogP contribution in [0.2, 0.25) is 0 Å². The van der Waals surface area contributed by atoms with E-state index in [0.717, 1.165) is 17.1 Å². The van der Waals surface area contributed by atoms with Crippen molar-refractivity contribution in [1.29, 1.82) is 0 Å². The van der Waals surface area contributed by atoms with Gasteiger partial charge in [0, 0.05) is 11.8 Å². The van der Waals surface area contributed by atoms with Crippen LogP contribution in [0.5, 0.6) is 0 Å². The molecular weight excluding hydrogens is 224 g/mol. The molecule has 0 radical (unpaired) electrons. The van der Waals surface area contributed by atoms with Crippen LogP contribution in [-0.2, 0) is 4.79 Å². The van der Waals surface area contributed by atoms with E-state index in [9.17, 15) is 4.79 Å². The molecule has 0 aliphatic carbocycles. The lowest BCUT2D eigenvalue weighted by Crippen LogP contribution is -2.19. The number of aromatic nitrogens is 2. The summed E-state index contributed by atoms with van der Waals surface area (Å²) in [6.07, 6.45) is 0. The molecule has 90 valence electrons. The van der Waals surface area contributed by atoms with Gasteiger partial charge in [-0.2, -0.15) is 5.10 Å². The monoisotopic (exact) mass is 242 g/mol. The molecule has 0 saturated carbocycles. The summed E-state index contributed by atoms with van der Waals surface area (Å²) in [5.74, 6) is 0.403. The number of rotatable bonds is 5. The molecule has 1 aromatic rings. The molecule has 1 heterocycles. The molecule has 1 amide bonds. The number of amides is 1. The third-order valence-electron chi connectivity index (χ3n) is 2.22. The summed E-state index contributed by atoms with van der Waals surface area (Å²) in [7, 11) is 0. The molecule has 1 aromatic heterocycles. The van der Waals surface area contributed by atoms with E-state index in [1.165, 1.54) is 0 Å². The number of aryl methyl sites for hydroxylation is 2. The Bertz CT molecular complexity index is 344. The van der Waals surface area contributed by atoms with Crippen molar-refractivity contribution in [2.75, 3.05) is 17.6 Å². The second kappa shape index (κ2) is 5.91. The lowest BCUT2D eigenvalue weighted by molar-refractivity contribution is -0.113. The number of nitrogens with zero attached hydrogens (tertiary/aromatic N) is 1. The number of nitrogens with two attached hydrogens (primary N) is 1. The highest BCUT2D eigenvalue weighted by Crippen LogP contribution is 2.17. The van der Waals surface area contributed by atoms with Crippen molar-refractivity contribution in [1.82, 2.24) is 10.2 Å². The van der Waals surface area contributed by atoms with E-state index in [2.05, 4.69) is 15.5 Å². The molecule has 0 spiro atoms. The Kier molecular flexibility index (Phi) is 4.82. The number of H-pyrrole nitrogens is 1. The maximum absolute atomic E-state index is 11.6. The zero-order valence-corrected chi connectivity index (χ0v) is 10.6. The normalized spacial score (nSPS) is 12.5. The number of carbonyl (C=O) groups is 1. The second-order valence-electron chi connectivity index (χ2n) is 3.71. The lowest BCUT2D eigenvalue weighted by Gasteiger charge is -2.08. The summed E-state index contributed by atoms with van der Waals surface area (Å²) in [4.78, 5) is 11.6. The van der Waals surface area contributed by atoms with Crippen molar-refractivity contribution < 1.29 is 4.79 Å². The van der Waals surface area contributed by atoms with Crippen LogP contribution >= 0.6 is 11.8 Å². The highest BCUT2D eigenvalue weighted by atomic mass is 32.2. The van der Waals surface area contributed by atoms with E-state index >= 15 is 0 Å². The Morgan fingerprint density at radius 1 is 1.62 bits per heavy atom. The van der Waals surface area contributed by atoms with Gasteiger partial charge in [-0.3, -0.25) is 9.89 Å². The number of aromatic amines is 1. The van der Waals surface area contributed by atoms with Crippen LogP contribution in [-0.4, -0.2) is 33.7 Å². The van der Waals surface area contributed by atoms with Gasteiger partial charge in [0.25, 0.3) is 0 Å². The number of anilines is 1. The van der Waals surface area contributed by atoms with Gasteiger partial charge in [0.2, 0.25) is 5.91 Å². The Balaban J connectivity index is 2.46. The van der Waals surface area contributed by atoms with E-state index in [1.54, 1.807) is 11.8 Å². The number of hydrogen-bond donors (Lipinski definition) is 3. The minimum atomic E-state index is -0.0158. The SMILES string of the molecule is Cc1n[nH]c(C)c1NC(=O)CSC(C)CN. The molecule has 16 heavy (non-hydrogen) atoms. The largest absolute Gasteiger partial charge is 0.329 e. The fraction of sp³-hybridized carbons (Fsp3) is 0.600. The molecule has 0 aliphatic rings. The third-order valence-corrected chi connectivity index (χ3v) is 3.41. The Hall–Kier alpha value is -1.01. The molecule has 6 heteroatoms. The zero-order chi connectivity index (χ0) is 12.1. The van der Waals surface area contributed by atoms with Gasteiger partial charge < -0.3 is 11.1 Å². The highest BCUT2D eigenvalue weighted by molar-refractivity contribution is 8.00. The molecule has 1 rings (SSSR count). The smallest absolute Gasteiger partial charge is 0.234 e. The van der Waals surface area contributed by atoms with Gasteiger partial charge in [-0.05, 0) is 13.8 Å². The van der Waals surface area contributed by atoms with Crippen LogP contribution in [0, 0.1) is 13.8 Å². The van der Waals surface area contributed by atoms with E-state index in [-0.39, 0.29) is 5.91 Å². The average molecular weight is 242 g/mol. The fourth-order valence-corrected chi connectivity index (χ4v) is 1.84. The first-order chi connectivity index (χ1) is 7.54. The van der Waals surface area contributed by atoms with Crippen molar-refractivity contribution in [2.24, 2.45) is 5.73 Å². The summed E-state index contributed by atoms with van der Waals surface area (Å²) in [6.45, 7) is 6.33. The summed E-state index contributed by atoms with van der Waals surface area (Å²) < 4.78 is 0. The summed E-state index contributed by atoms with van der Waals surface area (Å²) in [6, 6.07) is 0. The lowest BCUT2D eigenvalue weighted by atomic mass is 10.3. The zero-order valence-electron chi connectivity index (χ0n) is 9.83. The number of nitrogens with one attached hydrogen (secondary N) is 2. The van der Waals surface area contributed by atoms with Gasteiger partial charge in [0.15, 0.2) is 0 Å². The summed E-state index contributed by atoms with van der Waals surface area (Å²) in [5.41, 5.74) is 7.94. The molecule has 1 unspecified atom stereocenters. The van der Waals surface area contributed by atoms with Crippen molar-refractivity contribution in [3.8, 4) is 0 Å². The number of carbonyl (C=O) groups excluding carboxylic acids is 1. The Morgan fingerprint density at radius 3 is 2.81 bits per heavy atom. The van der Waals surface area contributed by atoms with E-state index in [1.807, 2.05) is 20.8 Å². The van der Waals surface area contributed by atoms with Gasteiger partial charge >= 0.3 is 0 Å². The first-order valence-corrected chi connectivity index (χ1v) is 6.22. The molecular formula is C10H18N4OS. The van der Waals surface area contributed by atoms with E-state index in [4.69, 9.17) is 5.73 Å². The first-order valence-electron chi connectivity index (χ1n) is 5.17. The summed E-state index contributed by atoms with van der Waals surface area (Å²) >= 11 is 1.55. The van der Waals surface area contributed by atoms with Crippen LogP contribution in [0.25, 0.3) is 0 Å². The van der Waals surface area contributed by atoms with Crippen LogP contribution in [0.3, 0.4) is 0 Å². The van der Waals surface area contributed by atoms with Crippen LogP contribution in [0.4, 0.5) is 5.69 Å². The topological polar surface area (TPSA) is 83.8 Å². The van der Waals surface area contributed by atoms with Crippen LogP contribution in [0.1, 0.15) is 18.3 Å². The minimum Gasteiger partial charge on any atom is -0.329 e. The van der Waals surface area contributed by atoms with Gasteiger partial charge in [-0.1, -0.05) is 6.92 Å². The maximum Gasteiger partial charge on any atom is 0.234 e. The molecule has 0 saturated heterocycles. The molecule has 0 bridgehead atoms. The predicted octanol–water partition coefficient (Wildman–Crippen LogP) is 1.05. The van der Waals surface area contributed by atoms with Gasteiger partial charge in [0.1, 0.15) is 0 Å². The quantitative estimate of drug-likeness (QED) is 0.720. The van der Waals surface area contributed by atoms with Crippen molar-refractivity contribution in [3.05, 3.63) is 11.4 Å². The summed E-state index contributed by atoms with van der Waals surface area (Å²) in [5, 5.41) is 9.99. The molecule has 4 N–H and O–H groups in total. The minimum absolute atomic E-state index is 0.0158. The van der Waals surface area contributed by atoms with E-state index < -0.39 is 0 Å². The van der Waals surface area contributed by atoms with Gasteiger partial charge in [-0.15, -0.1) is 11.8 Å². The Morgan fingerprint density at radius 2 is 2.31 bits per heavy atom. The molecule has 0 aliphatic heterocycles. The van der Waals surface area contributed by atoms with Crippen LogP contribution in [0.15, 0.2) is 0 Å². The van der Waals surface area contributed by atoms with Gasteiger partial charge in [-0.25, -0.2) is 0 Å². The molecule has 0 fully saturated rings.